The zero-order valence-corrected chi connectivity index (χ0v) is 9.79. The summed E-state index contributed by atoms with van der Waals surface area (Å²) in [5, 5.41) is 0. The molecule has 0 fully saturated rings. The summed E-state index contributed by atoms with van der Waals surface area (Å²) in [5.41, 5.74) is 8.62. The monoisotopic (exact) mass is 221 g/mol. The first-order valence-electron chi connectivity index (χ1n) is 4.93. The van der Waals surface area contributed by atoms with E-state index in [1.54, 1.807) is 0 Å². The van der Waals surface area contributed by atoms with E-state index in [-0.39, 0.29) is 0 Å². The smallest absolute Gasteiger partial charge is 0.0961 e. The molecule has 1 unspecified atom stereocenters. The lowest BCUT2D eigenvalue weighted by molar-refractivity contribution is 0.627. The molecule has 4 heteroatoms. The van der Waals surface area contributed by atoms with Crippen LogP contribution < -0.4 is 5.73 Å². The van der Waals surface area contributed by atoms with Crippen molar-refractivity contribution in [2.24, 2.45) is 0 Å². The zero-order chi connectivity index (χ0) is 10.8. The molecular weight excluding hydrogens is 206 g/mol. The van der Waals surface area contributed by atoms with Crippen LogP contribution in [0.5, 0.6) is 0 Å². The van der Waals surface area contributed by atoms with Gasteiger partial charge in [-0.2, -0.15) is 11.8 Å². The standard InChI is InChI=1S/C11H15N3S/c1-8(6-15-2)14-7-13-10-5-9(12)3-4-11(10)14/h3-5,7-8H,6,12H2,1-2H3. The number of imidazole rings is 1. The van der Waals surface area contributed by atoms with Crippen molar-refractivity contribution in [2.45, 2.75) is 13.0 Å². The Morgan fingerprint density at radius 2 is 2.33 bits per heavy atom. The average Bonchev–Trinajstić information content (AvgIpc) is 2.60. The van der Waals surface area contributed by atoms with E-state index >= 15 is 0 Å². The van der Waals surface area contributed by atoms with Gasteiger partial charge in [0.1, 0.15) is 0 Å². The van der Waals surface area contributed by atoms with Crippen molar-refractivity contribution < 1.29 is 0 Å². The van der Waals surface area contributed by atoms with Crippen molar-refractivity contribution in [1.82, 2.24) is 9.55 Å². The Bertz CT molecular complexity index is 464. The van der Waals surface area contributed by atoms with Gasteiger partial charge in [0.25, 0.3) is 0 Å². The molecule has 0 saturated carbocycles. The van der Waals surface area contributed by atoms with Crippen LogP contribution in [0.2, 0.25) is 0 Å². The first kappa shape index (κ1) is 10.4. The van der Waals surface area contributed by atoms with Crippen molar-refractivity contribution in [1.29, 1.82) is 0 Å². The highest BCUT2D eigenvalue weighted by molar-refractivity contribution is 7.98. The van der Waals surface area contributed by atoms with Crippen molar-refractivity contribution in [3.63, 3.8) is 0 Å². The molecule has 1 aromatic heterocycles. The van der Waals surface area contributed by atoms with Gasteiger partial charge in [0, 0.05) is 17.5 Å². The van der Waals surface area contributed by atoms with Gasteiger partial charge in [0.05, 0.1) is 17.4 Å². The summed E-state index contributed by atoms with van der Waals surface area (Å²) in [7, 11) is 0. The lowest BCUT2D eigenvalue weighted by Gasteiger charge is -2.12. The molecule has 1 atom stereocenters. The summed E-state index contributed by atoms with van der Waals surface area (Å²) >= 11 is 1.85. The van der Waals surface area contributed by atoms with Gasteiger partial charge in [-0.1, -0.05) is 0 Å². The number of benzene rings is 1. The quantitative estimate of drug-likeness (QED) is 0.810. The molecular formula is C11H15N3S. The molecule has 15 heavy (non-hydrogen) atoms. The molecule has 0 saturated heterocycles. The summed E-state index contributed by atoms with van der Waals surface area (Å²) in [6.07, 6.45) is 4.01. The fraction of sp³-hybridized carbons (Fsp3) is 0.364. The number of rotatable bonds is 3. The van der Waals surface area contributed by atoms with Crippen LogP contribution in [0.15, 0.2) is 24.5 Å². The lowest BCUT2D eigenvalue weighted by Crippen LogP contribution is -2.05. The third-order valence-electron chi connectivity index (χ3n) is 2.48. The topological polar surface area (TPSA) is 43.8 Å². The van der Waals surface area contributed by atoms with Crippen LogP contribution in [0.3, 0.4) is 0 Å². The van der Waals surface area contributed by atoms with E-state index < -0.39 is 0 Å². The van der Waals surface area contributed by atoms with Gasteiger partial charge < -0.3 is 10.3 Å². The Morgan fingerprint density at radius 3 is 3.07 bits per heavy atom. The van der Waals surface area contributed by atoms with Crippen molar-refractivity contribution in [3.05, 3.63) is 24.5 Å². The average molecular weight is 221 g/mol. The number of nitrogen functional groups attached to an aromatic ring is 1. The lowest BCUT2D eigenvalue weighted by atomic mass is 10.2. The van der Waals surface area contributed by atoms with E-state index in [9.17, 15) is 0 Å². The van der Waals surface area contributed by atoms with Crippen molar-refractivity contribution in [2.75, 3.05) is 17.7 Å². The van der Waals surface area contributed by atoms with E-state index in [0.29, 0.717) is 6.04 Å². The Labute approximate surface area is 93.7 Å². The second kappa shape index (κ2) is 4.14. The third-order valence-corrected chi connectivity index (χ3v) is 3.30. The number of hydrogen-bond donors (Lipinski definition) is 1. The highest BCUT2D eigenvalue weighted by atomic mass is 32.2. The molecule has 0 amide bonds. The normalized spacial score (nSPS) is 13.2. The largest absolute Gasteiger partial charge is 0.399 e. The maximum Gasteiger partial charge on any atom is 0.0961 e. The number of fused-ring (bicyclic) bond motifs is 1. The van der Waals surface area contributed by atoms with Crippen LogP contribution in [0.25, 0.3) is 11.0 Å². The Morgan fingerprint density at radius 1 is 1.53 bits per heavy atom. The molecule has 0 bridgehead atoms. The summed E-state index contributed by atoms with van der Waals surface area (Å²) in [4.78, 5) is 4.36. The maximum atomic E-state index is 5.71. The highest BCUT2D eigenvalue weighted by Gasteiger charge is 2.08. The molecule has 2 rings (SSSR count). The van der Waals surface area contributed by atoms with Gasteiger partial charge in [-0.3, -0.25) is 0 Å². The second-order valence-corrected chi connectivity index (χ2v) is 4.62. The predicted molar refractivity (Wildman–Crippen MR) is 67.2 cm³/mol. The van der Waals surface area contributed by atoms with Crippen LogP contribution in [-0.2, 0) is 0 Å². The SMILES string of the molecule is CSCC(C)n1cnc2cc(N)ccc21. The summed E-state index contributed by atoms with van der Waals surface area (Å²) in [6.45, 7) is 2.20. The maximum absolute atomic E-state index is 5.71. The molecule has 0 aliphatic carbocycles. The van der Waals surface area contributed by atoms with E-state index in [1.165, 1.54) is 0 Å². The molecule has 1 heterocycles. The fourth-order valence-corrected chi connectivity index (χ4v) is 2.36. The number of aromatic nitrogens is 2. The van der Waals surface area contributed by atoms with E-state index in [1.807, 2.05) is 36.3 Å². The first-order valence-corrected chi connectivity index (χ1v) is 6.32. The third kappa shape index (κ3) is 1.95. The molecule has 3 nitrogen and oxygen atoms in total. The summed E-state index contributed by atoms with van der Waals surface area (Å²) in [5.74, 6) is 1.09. The molecule has 0 spiro atoms. The second-order valence-electron chi connectivity index (χ2n) is 3.70. The van der Waals surface area contributed by atoms with Crippen LogP contribution in [0.4, 0.5) is 5.69 Å². The Kier molecular flexibility index (Phi) is 2.86. The van der Waals surface area contributed by atoms with Crippen LogP contribution >= 0.6 is 11.8 Å². The highest BCUT2D eigenvalue weighted by Crippen LogP contribution is 2.21. The summed E-state index contributed by atoms with van der Waals surface area (Å²) < 4.78 is 2.20. The minimum Gasteiger partial charge on any atom is -0.399 e. The fourth-order valence-electron chi connectivity index (χ4n) is 1.72. The van der Waals surface area contributed by atoms with Gasteiger partial charge in [-0.25, -0.2) is 4.98 Å². The Hall–Kier alpha value is -1.16. The van der Waals surface area contributed by atoms with Gasteiger partial charge in [0.15, 0.2) is 0 Å². The number of nitrogens with two attached hydrogens (primary N) is 1. The predicted octanol–water partition coefficient (Wildman–Crippen LogP) is 2.54. The van der Waals surface area contributed by atoms with Crippen molar-refractivity contribution in [3.8, 4) is 0 Å². The number of thioether (sulfide) groups is 1. The van der Waals surface area contributed by atoms with Gasteiger partial charge in [-0.05, 0) is 31.4 Å². The van der Waals surface area contributed by atoms with Crippen molar-refractivity contribution >= 4 is 28.5 Å². The molecule has 0 aliphatic heterocycles. The number of hydrogen-bond acceptors (Lipinski definition) is 3. The molecule has 80 valence electrons. The van der Waals surface area contributed by atoms with Crippen LogP contribution in [-0.4, -0.2) is 21.6 Å². The van der Waals surface area contributed by atoms with Crippen LogP contribution in [0.1, 0.15) is 13.0 Å². The van der Waals surface area contributed by atoms with E-state index in [4.69, 9.17) is 5.73 Å². The molecule has 0 radical (unpaired) electrons. The van der Waals surface area contributed by atoms with Crippen LogP contribution in [0, 0.1) is 0 Å². The number of nitrogens with zero attached hydrogens (tertiary/aromatic N) is 2. The molecule has 2 aromatic rings. The van der Waals surface area contributed by atoms with E-state index in [2.05, 4.69) is 22.7 Å². The number of anilines is 1. The van der Waals surface area contributed by atoms with Gasteiger partial charge in [-0.15, -0.1) is 0 Å². The van der Waals surface area contributed by atoms with E-state index in [0.717, 1.165) is 22.5 Å². The van der Waals surface area contributed by atoms with Gasteiger partial charge >= 0.3 is 0 Å². The molecule has 2 N–H and O–H groups in total. The minimum atomic E-state index is 0.466. The summed E-state index contributed by atoms with van der Waals surface area (Å²) in [6, 6.07) is 6.34. The Balaban J connectivity index is 2.44. The zero-order valence-electron chi connectivity index (χ0n) is 8.97. The molecule has 0 aliphatic rings. The van der Waals surface area contributed by atoms with Gasteiger partial charge in [0.2, 0.25) is 0 Å². The molecule has 1 aromatic carbocycles. The first-order chi connectivity index (χ1) is 7.22. The minimum absolute atomic E-state index is 0.466.